The van der Waals surface area contributed by atoms with Crippen molar-refractivity contribution in [2.45, 2.75) is 50.2 Å². The Labute approximate surface area is 90.4 Å². The summed E-state index contributed by atoms with van der Waals surface area (Å²) >= 11 is 0. The van der Waals surface area contributed by atoms with Gasteiger partial charge in [0.1, 0.15) is 0 Å². The molecule has 2 aliphatic carbocycles. The molecule has 3 aliphatic rings. The molecule has 0 spiro atoms. The van der Waals surface area contributed by atoms with Gasteiger partial charge < -0.3 is 10.6 Å². The van der Waals surface area contributed by atoms with Gasteiger partial charge in [0.05, 0.1) is 6.04 Å². The molecule has 1 amide bonds. The van der Waals surface area contributed by atoms with Gasteiger partial charge >= 0.3 is 0 Å². The maximum Gasteiger partial charge on any atom is 0.237 e. The number of amides is 1. The number of nitrogens with one attached hydrogen (secondary N) is 2. The van der Waals surface area contributed by atoms with Crippen LogP contribution in [0.3, 0.4) is 0 Å². The molecule has 2 saturated carbocycles. The second-order valence-electron chi connectivity index (χ2n) is 4.69. The molecule has 0 radical (unpaired) electrons. The van der Waals surface area contributed by atoms with Gasteiger partial charge in [0, 0.05) is 12.1 Å². The average molecular weight is 217 g/mol. The number of halogens is 1. The molecule has 0 unspecified atom stereocenters. The standard InChI is InChI=1S/C10H16N2O.ClH/c13-10(11-7-2-1-3-7)9-5-6-4-8(6)12-9;/h6-9,12H,1-5H2,(H,11,13);1H/t6-,8-,9+;/m1./s1. The summed E-state index contributed by atoms with van der Waals surface area (Å²) in [5.41, 5.74) is 0. The van der Waals surface area contributed by atoms with Crippen molar-refractivity contribution in [1.82, 2.24) is 10.6 Å². The summed E-state index contributed by atoms with van der Waals surface area (Å²) in [6.07, 6.45) is 6.03. The third kappa shape index (κ3) is 1.75. The van der Waals surface area contributed by atoms with Crippen LogP contribution in [0, 0.1) is 5.92 Å². The van der Waals surface area contributed by atoms with Crippen molar-refractivity contribution in [1.29, 1.82) is 0 Å². The van der Waals surface area contributed by atoms with Crippen LogP contribution >= 0.6 is 12.4 Å². The molecule has 1 heterocycles. The Morgan fingerprint density at radius 2 is 2.07 bits per heavy atom. The molecule has 3 fully saturated rings. The minimum Gasteiger partial charge on any atom is -0.352 e. The maximum absolute atomic E-state index is 11.6. The number of fused-ring (bicyclic) bond motifs is 1. The molecule has 1 saturated heterocycles. The third-order valence-corrected chi connectivity index (χ3v) is 3.64. The van der Waals surface area contributed by atoms with Gasteiger partial charge in [-0.3, -0.25) is 4.79 Å². The molecule has 14 heavy (non-hydrogen) atoms. The van der Waals surface area contributed by atoms with Gasteiger partial charge in [0.2, 0.25) is 5.91 Å². The first-order valence-corrected chi connectivity index (χ1v) is 5.39. The Kier molecular flexibility index (Phi) is 2.71. The van der Waals surface area contributed by atoms with Crippen LogP contribution in [-0.2, 0) is 4.79 Å². The third-order valence-electron chi connectivity index (χ3n) is 3.64. The van der Waals surface area contributed by atoms with E-state index in [1.54, 1.807) is 0 Å². The van der Waals surface area contributed by atoms with Crippen LogP contribution in [0.25, 0.3) is 0 Å². The second-order valence-corrected chi connectivity index (χ2v) is 4.69. The fourth-order valence-electron chi connectivity index (χ4n) is 2.38. The van der Waals surface area contributed by atoms with Crippen molar-refractivity contribution in [3.8, 4) is 0 Å². The lowest BCUT2D eigenvalue weighted by molar-refractivity contribution is -0.124. The van der Waals surface area contributed by atoms with Gasteiger partial charge in [-0.1, -0.05) is 0 Å². The molecule has 0 aromatic carbocycles. The molecular formula is C10H17ClN2O. The van der Waals surface area contributed by atoms with E-state index in [-0.39, 0.29) is 24.4 Å². The molecule has 0 aromatic heterocycles. The molecule has 3 nitrogen and oxygen atoms in total. The number of rotatable bonds is 2. The summed E-state index contributed by atoms with van der Waals surface area (Å²) in [4.78, 5) is 11.6. The van der Waals surface area contributed by atoms with E-state index < -0.39 is 0 Å². The zero-order valence-corrected chi connectivity index (χ0v) is 8.98. The van der Waals surface area contributed by atoms with Crippen molar-refractivity contribution >= 4 is 18.3 Å². The smallest absolute Gasteiger partial charge is 0.237 e. The van der Waals surface area contributed by atoms with Crippen molar-refractivity contribution in [3.05, 3.63) is 0 Å². The predicted molar refractivity (Wildman–Crippen MR) is 56.5 cm³/mol. The highest BCUT2D eigenvalue weighted by atomic mass is 35.5. The number of carbonyl (C=O) groups excluding carboxylic acids is 1. The summed E-state index contributed by atoms with van der Waals surface area (Å²) in [6, 6.07) is 1.30. The molecule has 80 valence electrons. The van der Waals surface area contributed by atoms with Gasteiger partial charge in [0.15, 0.2) is 0 Å². The van der Waals surface area contributed by atoms with E-state index in [1.165, 1.54) is 25.7 Å². The van der Waals surface area contributed by atoms with Gasteiger partial charge in [-0.05, 0) is 38.0 Å². The molecular weight excluding hydrogens is 200 g/mol. The van der Waals surface area contributed by atoms with E-state index in [2.05, 4.69) is 10.6 Å². The van der Waals surface area contributed by atoms with Crippen molar-refractivity contribution < 1.29 is 4.79 Å². The van der Waals surface area contributed by atoms with Crippen molar-refractivity contribution in [2.75, 3.05) is 0 Å². The maximum atomic E-state index is 11.6. The lowest BCUT2D eigenvalue weighted by Gasteiger charge is -2.28. The average Bonchev–Trinajstić information content (AvgIpc) is 2.66. The zero-order valence-electron chi connectivity index (χ0n) is 8.16. The lowest BCUT2D eigenvalue weighted by Crippen LogP contribution is -2.48. The first-order chi connectivity index (χ1) is 6.33. The molecule has 0 bridgehead atoms. The first kappa shape index (κ1) is 10.2. The van der Waals surface area contributed by atoms with Crippen LogP contribution in [0.4, 0.5) is 0 Å². The summed E-state index contributed by atoms with van der Waals surface area (Å²) in [5.74, 6) is 1.06. The minimum atomic E-state index is 0. The van der Waals surface area contributed by atoms with Gasteiger partial charge in [0.25, 0.3) is 0 Å². The van der Waals surface area contributed by atoms with Crippen LogP contribution in [0.5, 0.6) is 0 Å². The highest BCUT2D eigenvalue weighted by molar-refractivity contribution is 5.85. The quantitative estimate of drug-likeness (QED) is 0.718. The largest absolute Gasteiger partial charge is 0.352 e. The number of carbonyl (C=O) groups is 1. The second kappa shape index (κ2) is 3.70. The van der Waals surface area contributed by atoms with Crippen molar-refractivity contribution in [2.24, 2.45) is 5.92 Å². The number of hydrogen-bond acceptors (Lipinski definition) is 2. The summed E-state index contributed by atoms with van der Waals surface area (Å²) in [5, 5.41) is 6.47. The summed E-state index contributed by atoms with van der Waals surface area (Å²) in [6.45, 7) is 0. The lowest BCUT2D eigenvalue weighted by atomic mass is 9.93. The van der Waals surface area contributed by atoms with Gasteiger partial charge in [-0.2, -0.15) is 0 Å². The number of hydrogen-bond donors (Lipinski definition) is 2. The SMILES string of the molecule is Cl.O=C(NC1CCC1)[C@@H]1C[C@H]2C[C@H]2N1. The zero-order chi connectivity index (χ0) is 8.84. The van der Waals surface area contributed by atoms with Crippen LogP contribution in [0.1, 0.15) is 32.1 Å². The Hall–Kier alpha value is -0.280. The van der Waals surface area contributed by atoms with E-state index in [4.69, 9.17) is 0 Å². The fraction of sp³-hybridized carbons (Fsp3) is 0.900. The Morgan fingerprint density at radius 1 is 1.29 bits per heavy atom. The predicted octanol–water partition coefficient (Wildman–Crippen LogP) is 0.827. The van der Waals surface area contributed by atoms with Crippen LogP contribution in [0.2, 0.25) is 0 Å². The van der Waals surface area contributed by atoms with Crippen LogP contribution in [-0.4, -0.2) is 24.0 Å². The van der Waals surface area contributed by atoms with Gasteiger partial charge in [-0.25, -0.2) is 0 Å². The van der Waals surface area contributed by atoms with Crippen LogP contribution < -0.4 is 10.6 Å². The Balaban J connectivity index is 0.000000750. The van der Waals surface area contributed by atoms with Gasteiger partial charge in [-0.15, -0.1) is 12.4 Å². The molecule has 0 aromatic rings. The molecule has 3 rings (SSSR count). The monoisotopic (exact) mass is 216 g/mol. The normalized spacial score (nSPS) is 39.3. The first-order valence-electron chi connectivity index (χ1n) is 5.39. The molecule has 1 aliphatic heterocycles. The van der Waals surface area contributed by atoms with E-state index in [0.717, 1.165) is 12.3 Å². The summed E-state index contributed by atoms with van der Waals surface area (Å²) < 4.78 is 0. The van der Waals surface area contributed by atoms with Crippen molar-refractivity contribution in [3.63, 3.8) is 0 Å². The molecule has 2 N–H and O–H groups in total. The summed E-state index contributed by atoms with van der Waals surface area (Å²) in [7, 11) is 0. The molecule has 4 heteroatoms. The Morgan fingerprint density at radius 3 is 2.57 bits per heavy atom. The highest BCUT2D eigenvalue weighted by Gasteiger charge is 2.48. The fourth-order valence-corrected chi connectivity index (χ4v) is 2.38. The van der Waals surface area contributed by atoms with E-state index in [0.29, 0.717) is 12.1 Å². The number of piperidine rings is 1. The highest BCUT2D eigenvalue weighted by Crippen LogP contribution is 2.40. The topological polar surface area (TPSA) is 41.1 Å². The van der Waals surface area contributed by atoms with E-state index >= 15 is 0 Å². The Bertz CT molecular complexity index is 232. The van der Waals surface area contributed by atoms with Crippen LogP contribution in [0.15, 0.2) is 0 Å². The van der Waals surface area contributed by atoms with E-state index in [9.17, 15) is 4.79 Å². The molecule has 3 atom stereocenters. The van der Waals surface area contributed by atoms with E-state index in [1.807, 2.05) is 0 Å². The minimum absolute atomic E-state index is 0.